The van der Waals surface area contributed by atoms with Crippen molar-refractivity contribution in [2.45, 2.75) is 0 Å². The zero-order valence-corrected chi connectivity index (χ0v) is 15.0. The van der Waals surface area contributed by atoms with Crippen molar-refractivity contribution >= 4 is 30.7 Å². The van der Waals surface area contributed by atoms with Crippen molar-refractivity contribution < 1.29 is 0 Å². The number of hydrogen-bond acceptors (Lipinski definition) is 1. The normalized spacial score (nSPS) is 13.6. The van der Waals surface area contributed by atoms with Crippen molar-refractivity contribution in [3.05, 3.63) is 35.3 Å². The summed E-state index contributed by atoms with van der Waals surface area (Å²) in [6.07, 6.45) is 6.82. The predicted octanol–water partition coefficient (Wildman–Crippen LogP) is -2.07. The van der Waals surface area contributed by atoms with Gasteiger partial charge in [0.2, 0.25) is 0 Å². The van der Waals surface area contributed by atoms with Crippen LogP contribution in [-0.4, -0.2) is 55.3 Å². The summed E-state index contributed by atoms with van der Waals surface area (Å²) in [7, 11) is 3.53. The molecule has 0 amide bonds. The van der Waals surface area contributed by atoms with Crippen molar-refractivity contribution in [2.75, 3.05) is 19.6 Å². The van der Waals surface area contributed by atoms with Crippen molar-refractivity contribution in [2.24, 2.45) is 0 Å². The molecule has 0 saturated carbocycles. The Bertz CT molecular complexity index is 154. The summed E-state index contributed by atoms with van der Waals surface area (Å²) in [4.78, 5) is 2.44. The van der Waals surface area contributed by atoms with Crippen LogP contribution in [0.15, 0.2) is 35.3 Å². The molecular weight excluding hydrogens is 206 g/mol. The highest BCUT2D eigenvalue weighted by molar-refractivity contribution is 6.17. The highest BCUT2D eigenvalue weighted by Gasteiger charge is 1.95. The van der Waals surface area contributed by atoms with Gasteiger partial charge in [-0.1, -0.05) is 18.2 Å². The third-order valence-corrected chi connectivity index (χ3v) is 3.21. The quantitative estimate of drug-likeness (QED) is 0.471. The van der Waals surface area contributed by atoms with Crippen molar-refractivity contribution in [3.63, 3.8) is 0 Å². The largest absolute Gasteiger partial charge is 0.292 e. The second-order valence-electron chi connectivity index (χ2n) is 2.93. The minimum atomic E-state index is 1.10. The fourth-order valence-electron chi connectivity index (χ4n) is 0.987. The van der Waals surface area contributed by atoms with Gasteiger partial charge in [-0.2, -0.15) is 0 Å². The number of hydrogen-bond donors (Lipinski definition) is 0. The number of rotatable bonds is 6. The van der Waals surface area contributed by atoms with E-state index in [1.165, 1.54) is 30.7 Å². The molecule has 13 heavy (non-hydrogen) atoms. The lowest BCUT2D eigenvalue weighted by atomic mass is 10.4. The van der Waals surface area contributed by atoms with Crippen LogP contribution in [0.5, 0.6) is 0 Å². The molecule has 0 aromatic carbocycles. The monoisotopic (exact) mass is 227 g/mol. The Hall–Kier alpha value is -0.169. The second-order valence-corrected chi connectivity index (χ2v) is 4.93. The molecule has 4 heteroatoms. The van der Waals surface area contributed by atoms with Gasteiger partial charge in [-0.3, -0.25) is 4.90 Å². The molecule has 74 valence electrons. The van der Waals surface area contributed by atoms with Crippen LogP contribution in [0.4, 0.5) is 0 Å². The third-order valence-electron chi connectivity index (χ3n) is 1.80. The highest BCUT2D eigenvalue weighted by atomic mass is 28.2. The lowest BCUT2D eigenvalue weighted by Crippen LogP contribution is -2.24. The van der Waals surface area contributed by atoms with Gasteiger partial charge >= 0.3 is 0 Å². The van der Waals surface area contributed by atoms with Gasteiger partial charge in [0.05, 0.1) is 0 Å². The van der Waals surface area contributed by atoms with Gasteiger partial charge in [-0.15, -0.1) is 17.1 Å². The molecule has 0 N–H and O–H groups in total. The Balaban J connectivity index is 3.86. The maximum atomic E-state index is 2.44. The third kappa shape index (κ3) is 8.17. The minimum absolute atomic E-state index is 1.10. The number of nitrogens with zero attached hydrogens (tertiary/aromatic N) is 1. The zero-order chi connectivity index (χ0) is 9.94. The molecule has 1 nitrogen and oxygen atoms in total. The Labute approximate surface area is 90.9 Å². The van der Waals surface area contributed by atoms with Gasteiger partial charge in [0, 0.05) is 50.4 Å². The first-order valence-corrected chi connectivity index (χ1v) is 8.37. The minimum Gasteiger partial charge on any atom is -0.292 e. The van der Waals surface area contributed by atoms with Crippen LogP contribution in [0.1, 0.15) is 0 Å². The lowest BCUT2D eigenvalue weighted by Gasteiger charge is -2.16. The Morgan fingerprint density at radius 1 is 0.692 bits per heavy atom. The molecule has 0 unspecified atom stereocenters. The first-order chi connectivity index (χ1) is 6.35. The van der Waals surface area contributed by atoms with E-state index < -0.39 is 0 Å². The van der Waals surface area contributed by atoms with Crippen molar-refractivity contribution in [1.82, 2.24) is 4.90 Å². The van der Waals surface area contributed by atoms with E-state index in [0.29, 0.717) is 0 Å². The highest BCUT2D eigenvalue weighted by Crippen LogP contribution is 1.90. The van der Waals surface area contributed by atoms with Gasteiger partial charge in [-0.05, 0) is 0 Å². The molecule has 0 saturated heterocycles. The van der Waals surface area contributed by atoms with E-state index in [4.69, 9.17) is 0 Å². The molecule has 0 aliphatic rings. The Morgan fingerprint density at radius 2 is 1.00 bits per heavy atom. The Kier molecular flexibility index (Phi) is 9.79. The van der Waals surface area contributed by atoms with Crippen LogP contribution in [0, 0.1) is 0 Å². The first kappa shape index (κ1) is 12.8. The molecule has 0 radical (unpaired) electrons. The van der Waals surface area contributed by atoms with Crippen molar-refractivity contribution in [1.29, 1.82) is 0 Å². The molecule has 0 aliphatic heterocycles. The summed E-state index contributed by atoms with van der Waals surface area (Å²) in [5.74, 6) is 0. The van der Waals surface area contributed by atoms with Gasteiger partial charge in [0.1, 0.15) is 0 Å². The van der Waals surface area contributed by atoms with E-state index in [2.05, 4.69) is 40.2 Å². The topological polar surface area (TPSA) is 3.24 Å². The van der Waals surface area contributed by atoms with Crippen molar-refractivity contribution in [3.8, 4) is 0 Å². The van der Waals surface area contributed by atoms with E-state index in [9.17, 15) is 0 Å². The van der Waals surface area contributed by atoms with Crippen LogP contribution in [0.2, 0.25) is 0 Å². The molecule has 0 bridgehead atoms. The standard InChI is InChI=1S/C9H21NSi3/c11-7-1-4-10(5-2-8-12)6-3-9-13/h1-3,7-9H,4-6H2,11-13H3. The average molecular weight is 228 g/mol. The van der Waals surface area contributed by atoms with Crippen LogP contribution < -0.4 is 0 Å². The average Bonchev–Trinajstić information content (AvgIpc) is 2.17. The predicted molar refractivity (Wildman–Crippen MR) is 73.7 cm³/mol. The van der Waals surface area contributed by atoms with E-state index >= 15 is 0 Å². The fourth-order valence-corrected chi connectivity index (χ4v) is 1.62. The summed E-state index contributed by atoms with van der Waals surface area (Å²) in [6, 6.07) is 0. The maximum Gasteiger partial charge on any atom is 0.0287 e. The molecule has 0 rings (SSSR count). The van der Waals surface area contributed by atoms with Gasteiger partial charge in [-0.25, -0.2) is 0 Å². The second kappa shape index (κ2) is 9.92. The molecule has 0 fully saturated rings. The van der Waals surface area contributed by atoms with Crippen LogP contribution in [0.3, 0.4) is 0 Å². The summed E-state index contributed by atoms with van der Waals surface area (Å²) >= 11 is 0. The fraction of sp³-hybridized carbons (Fsp3) is 0.333. The molecule has 0 aromatic heterocycles. The van der Waals surface area contributed by atoms with Crippen LogP contribution >= 0.6 is 0 Å². The molecule has 0 atom stereocenters. The Morgan fingerprint density at radius 3 is 1.23 bits per heavy atom. The summed E-state index contributed by atoms with van der Waals surface area (Å²) in [6.45, 7) is 3.30. The lowest BCUT2D eigenvalue weighted by molar-refractivity contribution is 0.373. The maximum absolute atomic E-state index is 2.44. The SMILES string of the molecule is [SiH3]C=CCN(CC=C[SiH3])CC=C[SiH3]. The molecular formula is C9H21NSi3. The van der Waals surface area contributed by atoms with Gasteiger partial charge in [0.25, 0.3) is 0 Å². The summed E-state index contributed by atoms with van der Waals surface area (Å²) < 4.78 is 0. The van der Waals surface area contributed by atoms with E-state index in [1.807, 2.05) is 0 Å². The summed E-state index contributed by atoms with van der Waals surface area (Å²) in [5, 5.41) is 0. The first-order valence-electron chi connectivity index (χ1n) is 4.91. The molecule has 0 spiro atoms. The molecule has 0 heterocycles. The smallest absolute Gasteiger partial charge is 0.0287 e. The van der Waals surface area contributed by atoms with Gasteiger partial charge in [0.15, 0.2) is 0 Å². The van der Waals surface area contributed by atoms with E-state index in [0.717, 1.165) is 19.6 Å². The van der Waals surface area contributed by atoms with Crippen LogP contribution in [0.25, 0.3) is 0 Å². The van der Waals surface area contributed by atoms with E-state index in [-0.39, 0.29) is 0 Å². The summed E-state index contributed by atoms with van der Waals surface area (Å²) in [5.41, 5.74) is 6.76. The zero-order valence-electron chi connectivity index (χ0n) is 9.03. The molecule has 0 aromatic rings. The van der Waals surface area contributed by atoms with Gasteiger partial charge < -0.3 is 0 Å². The molecule has 0 aliphatic carbocycles. The van der Waals surface area contributed by atoms with Crippen LogP contribution in [-0.2, 0) is 0 Å². The van der Waals surface area contributed by atoms with E-state index in [1.54, 1.807) is 0 Å².